The van der Waals surface area contributed by atoms with Crippen LogP contribution in [-0.4, -0.2) is 26.4 Å². The number of nitrogens with one attached hydrogen (secondary N) is 1. The number of halogens is 2. The molecule has 0 saturated carbocycles. The van der Waals surface area contributed by atoms with E-state index in [-0.39, 0.29) is 22.3 Å². The molecule has 0 spiro atoms. The molecule has 21 heavy (non-hydrogen) atoms. The lowest BCUT2D eigenvalue weighted by atomic mass is 10.3. The zero-order valence-corrected chi connectivity index (χ0v) is 11.1. The van der Waals surface area contributed by atoms with Gasteiger partial charge in [-0.1, -0.05) is 23.9 Å². The summed E-state index contributed by atoms with van der Waals surface area (Å²) in [5, 5.41) is 8.88. The highest BCUT2D eigenvalue weighted by molar-refractivity contribution is 7.99. The van der Waals surface area contributed by atoms with Crippen LogP contribution in [0.4, 0.5) is 8.78 Å². The molecule has 0 aliphatic rings. The molecule has 0 fully saturated rings. The zero-order valence-electron chi connectivity index (χ0n) is 10.2. The van der Waals surface area contributed by atoms with E-state index in [2.05, 4.69) is 0 Å². The van der Waals surface area contributed by atoms with Gasteiger partial charge in [0.2, 0.25) is 0 Å². The summed E-state index contributed by atoms with van der Waals surface area (Å²) in [6.07, 6.45) is 0.814. The van der Waals surface area contributed by atoms with E-state index in [4.69, 9.17) is 5.11 Å². The quantitative estimate of drug-likeness (QED) is 0.835. The highest BCUT2D eigenvalue weighted by Gasteiger charge is 2.16. The Kier molecular flexibility index (Phi) is 4.22. The van der Waals surface area contributed by atoms with Crippen molar-refractivity contribution in [2.75, 3.05) is 0 Å². The summed E-state index contributed by atoms with van der Waals surface area (Å²) in [5.41, 5.74) is -2.56. The predicted octanol–water partition coefficient (Wildman–Crippen LogP) is 1.54. The number of aromatic nitrogens is 2. The second kappa shape index (κ2) is 5.92. The fraction of sp³-hybridized carbons (Fsp3) is 0.0833. The Morgan fingerprint density at radius 2 is 1.95 bits per heavy atom. The molecule has 0 saturated heterocycles. The van der Waals surface area contributed by atoms with Crippen molar-refractivity contribution in [3.63, 3.8) is 0 Å². The fourth-order valence-corrected chi connectivity index (χ4v) is 2.29. The van der Waals surface area contributed by atoms with Gasteiger partial charge in [-0.2, -0.15) is 8.78 Å². The summed E-state index contributed by atoms with van der Waals surface area (Å²) >= 11 is 0.215. The smallest absolute Gasteiger partial charge is 0.342 e. The van der Waals surface area contributed by atoms with Crippen molar-refractivity contribution in [3.8, 4) is 5.69 Å². The topological polar surface area (TPSA) is 92.2 Å². The Balaban J connectivity index is 2.68. The highest BCUT2D eigenvalue weighted by atomic mass is 32.2. The largest absolute Gasteiger partial charge is 0.477 e. The fourth-order valence-electron chi connectivity index (χ4n) is 1.65. The molecule has 1 aromatic carbocycles. The summed E-state index contributed by atoms with van der Waals surface area (Å²) < 4.78 is 25.8. The van der Waals surface area contributed by atoms with Gasteiger partial charge < -0.3 is 5.11 Å². The molecule has 0 aliphatic heterocycles. The van der Waals surface area contributed by atoms with E-state index in [1.807, 2.05) is 4.98 Å². The number of rotatable bonds is 4. The number of carbonyl (C=O) groups is 1. The van der Waals surface area contributed by atoms with Crippen LogP contribution >= 0.6 is 11.8 Å². The van der Waals surface area contributed by atoms with Crippen LogP contribution in [0.3, 0.4) is 0 Å². The average Bonchev–Trinajstić information content (AvgIpc) is 2.39. The maximum absolute atomic E-state index is 12.5. The second-order valence-electron chi connectivity index (χ2n) is 3.82. The maximum Gasteiger partial charge on any atom is 0.342 e. The normalized spacial score (nSPS) is 10.8. The van der Waals surface area contributed by atoms with E-state index in [0.717, 1.165) is 10.8 Å². The summed E-state index contributed by atoms with van der Waals surface area (Å²) in [7, 11) is 0. The lowest BCUT2D eigenvalue weighted by molar-refractivity contribution is 0.0694. The van der Waals surface area contributed by atoms with Gasteiger partial charge in [0.05, 0.1) is 5.69 Å². The second-order valence-corrected chi connectivity index (χ2v) is 4.86. The Hall–Kier alpha value is -2.42. The molecular weight excluding hydrogens is 306 g/mol. The van der Waals surface area contributed by atoms with Crippen LogP contribution in [0, 0.1) is 0 Å². The number of carboxylic acid groups (broad SMARTS) is 1. The first-order chi connectivity index (χ1) is 9.90. The molecule has 6 nitrogen and oxygen atoms in total. The number of para-hydroxylation sites is 1. The third-order valence-corrected chi connectivity index (χ3v) is 3.29. The van der Waals surface area contributed by atoms with Gasteiger partial charge in [0.1, 0.15) is 5.56 Å². The summed E-state index contributed by atoms with van der Waals surface area (Å²) in [6.45, 7) is 0. The van der Waals surface area contributed by atoms with Gasteiger partial charge in [-0.15, -0.1) is 0 Å². The molecule has 0 radical (unpaired) electrons. The van der Waals surface area contributed by atoms with E-state index >= 15 is 0 Å². The van der Waals surface area contributed by atoms with Crippen molar-refractivity contribution in [1.29, 1.82) is 0 Å². The van der Waals surface area contributed by atoms with E-state index in [1.54, 1.807) is 0 Å². The molecule has 1 heterocycles. The van der Waals surface area contributed by atoms with Crippen molar-refractivity contribution in [1.82, 2.24) is 9.55 Å². The molecule has 0 atom stereocenters. The van der Waals surface area contributed by atoms with Crippen molar-refractivity contribution < 1.29 is 18.7 Å². The molecule has 1 aromatic heterocycles. The number of carboxylic acids is 1. The van der Waals surface area contributed by atoms with E-state index in [1.165, 1.54) is 24.3 Å². The van der Waals surface area contributed by atoms with Gasteiger partial charge in [0.25, 0.3) is 11.3 Å². The number of nitrogens with zero attached hydrogens (tertiary/aromatic N) is 1. The van der Waals surface area contributed by atoms with Crippen molar-refractivity contribution in [2.45, 2.75) is 10.7 Å². The van der Waals surface area contributed by atoms with Gasteiger partial charge in [-0.3, -0.25) is 14.3 Å². The number of hydrogen-bond donors (Lipinski definition) is 2. The van der Waals surface area contributed by atoms with E-state index in [0.29, 0.717) is 0 Å². The van der Waals surface area contributed by atoms with E-state index < -0.39 is 28.5 Å². The third kappa shape index (κ3) is 3.19. The number of aromatic amines is 1. The van der Waals surface area contributed by atoms with Gasteiger partial charge in [-0.05, 0) is 12.1 Å². The predicted molar refractivity (Wildman–Crippen MR) is 71.5 cm³/mol. The minimum atomic E-state index is -2.71. The van der Waals surface area contributed by atoms with Crippen LogP contribution in [0.25, 0.3) is 5.69 Å². The van der Waals surface area contributed by atoms with Crippen LogP contribution in [0.5, 0.6) is 0 Å². The van der Waals surface area contributed by atoms with Crippen molar-refractivity contribution in [2.24, 2.45) is 0 Å². The van der Waals surface area contributed by atoms with Crippen LogP contribution in [-0.2, 0) is 0 Å². The van der Waals surface area contributed by atoms with Gasteiger partial charge in [-0.25, -0.2) is 9.59 Å². The Labute approximate surface area is 120 Å². The number of hydrogen-bond acceptors (Lipinski definition) is 4. The number of thioether (sulfide) groups is 1. The Morgan fingerprint density at radius 1 is 1.29 bits per heavy atom. The maximum atomic E-state index is 12.5. The molecule has 2 rings (SSSR count). The molecule has 0 aliphatic carbocycles. The molecule has 0 bridgehead atoms. The van der Waals surface area contributed by atoms with Gasteiger partial charge in [0.15, 0.2) is 0 Å². The first kappa shape index (κ1) is 15.0. The number of H-pyrrole nitrogens is 1. The Bertz CT molecular complexity index is 800. The first-order valence-corrected chi connectivity index (χ1v) is 6.41. The van der Waals surface area contributed by atoms with Gasteiger partial charge >= 0.3 is 11.7 Å². The highest BCUT2D eigenvalue weighted by Crippen LogP contribution is 2.29. The molecule has 0 amide bonds. The average molecular weight is 314 g/mol. The lowest BCUT2D eigenvalue weighted by Crippen LogP contribution is -2.32. The van der Waals surface area contributed by atoms with Crippen LogP contribution in [0.15, 0.2) is 44.9 Å². The first-order valence-electron chi connectivity index (χ1n) is 5.53. The Morgan fingerprint density at radius 3 is 2.57 bits per heavy atom. The number of alkyl halides is 2. The molecule has 2 aromatic rings. The van der Waals surface area contributed by atoms with Crippen LogP contribution in [0.2, 0.25) is 0 Å². The van der Waals surface area contributed by atoms with E-state index in [9.17, 15) is 23.2 Å². The summed E-state index contributed by atoms with van der Waals surface area (Å²) in [4.78, 5) is 36.0. The lowest BCUT2D eigenvalue weighted by Gasteiger charge is -2.11. The number of aromatic carboxylic acids is 1. The van der Waals surface area contributed by atoms with Crippen LogP contribution in [0.1, 0.15) is 10.4 Å². The molecular formula is C12H8F2N2O4S. The minimum Gasteiger partial charge on any atom is -0.477 e. The monoisotopic (exact) mass is 314 g/mol. The van der Waals surface area contributed by atoms with Crippen LogP contribution < -0.4 is 11.2 Å². The standard InChI is InChI=1S/C12H8F2N2O4S/c13-11(14)21-8-4-2-1-3-7(8)16-5-6(10(18)19)9(17)15-12(16)20/h1-5,11H,(H,18,19)(H,15,17,20). The van der Waals surface area contributed by atoms with Gasteiger partial charge in [0, 0.05) is 11.1 Å². The summed E-state index contributed by atoms with van der Waals surface area (Å²) in [5.74, 6) is -4.23. The molecule has 110 valence electrons. The minimum absolute atomic E-state index is 0.0616. The molecule has 2 N–H and O–H groups in total. The van der Waals surface area contributed by atoms with Crippen molar-refractivity contribution >= 4 is 17.7 Å². The van der Waals surface area contributed by atoms with Crippen molar-refractivity contribution in [3.05, 3.63) is 56.9 Å². The number of benzene rings is 1. The SMILES string of the molecule is O=C(O)c1cn(-c2ccccc2SC(F)F)c(=O)[nH]c1=O. The zero-order chi connectivity index (χ0) is 15.6. The molecule has 0 unspecified atom stereocenters. The summed E-state index contributed by atoms with van der Waals surface area (Å²) in [6, 6.07) is 5.74. The third-order valence-electron chi connectivity index (χ3n) is 2.51. The molecule has 9 heteroatoms.